The number of aliphatic carboxylic acids is 1. The van der Waals surface area contributed by atoms with Gasteiger partial charge >= 0.3 is 5.97 Å². The third kappa shape index (κ3) is 2.42. The van der Waals surface area contributed by atoms with Crippen molar-refractivity contribution in [1.29, 1.82) is 0 Å². The van der Waals surface area contributed by atoms with Crippen molar-refractivity contribution in [1.82, 2.24) is 9.88 Å². The first kappa shape index (κ1) is 14.6. The summed E-state index contributed by atoms with van der Waals surface area (Å²) < 4.78 is 5.34. The third-order valence-electron chi connectivity index (χ3n) is 4.09. The van der Waals surface area contributed by atoms with Gasteiger partial charge in [0.25, 0.3) is 5.91 Å². The average Bonchev–Trinajstić information content (AvgIpc) is 2.76. The Hall–Kier alpha value is -1.85. The summed E-state index contributed by atoms with van der Waals surface area (Å²) in [4.78, 5) is 29.6. The summed E-state index contributed by atoms with van der Waals surface area (Å²) in [6.07, 6.45) is 1.82. The maximum Gasteiger partial charge on any atom is 0.311 e. The Bertz CT molecular complexity index is 537. The molecule has 1 aliphatic rings. The number of aryl methyl sites for hydroxylation is 2. The number of amides is 1. The standard InChI is InChI=1S/C14H20N2O4/c1-4-14(13(18)19)6-5-7-16(8-14)12(17)11-9(2)15-10(3)20-11/h4-8H2,1-3H3,(H,18,19). The molecule has 1 aromatic rings. The number of oxazole rings is 1. The van der Waals surface area contributed by atoms with Crippen LogP contribution in [0.2, 0.25) is 0 Å². The minimum absolute atomic E-state index is 0.222. The molecule has 1 amide bonds. The predicted molar refractivity (Wildman–Crippen MR) is 71.5 cm³/mol. The van der Waals surface area contributed by atoms with E-state index in [0.29, 0.717) is 37.4 Å². The van der Waals surface area contributed by atoms with E-state index in [2.05, 4.69) is 4.98 Å². The molecule has 6 heteroatoms. The number of carbonyl (C=O) groups is 2. The summed E-state index contributed by atoms with van der Waals surface area (Å²) in [5.74, 6) is -0.424. The number of carboxylic acids is 1. The Kier molecular flexibility index (Phi) is 3.83. The summed E-state index contributed by atoms with van der Waals surface area (Å²) in [6, 6.07) is 0. The van der Waals surface area contributed by atoms with Gasteiger partial charge in [0.15, 0.2) is 5.89 Å². The molecule has 1 fully saturated rings. The Balaban J connectivity index is 2.23. The van der Waals surface area contributed by atoms with Crippen LogP contribution in [0.5, 0.6) is 0 Å². The quantitative estimate of drug-likeness (QED) is 0.915. The SMILES string of the molecule is CCC1(C(=O)O)CCCN(C(=O)c2oc(C)nc2C)C1. The number of rotatable bonds is 3. The first-order chi connectivity index (χ1) is 9.39. The smallest absolute Gasteiger partial charge is 0.311 e. The van der Waals surface area contributed by atoms with Gasteiger partial charge in [0, 0.05) is 20.0 Å². The maximum atomic E-state index is 12.5. The Morgan fingerprint density at radius 1 is 1.45 bits per heavy atom. The zero-order chi connectivity index (χ0) is 14.9. The highest BCUT2D eigenvalue weighted by Gasteiger charge is 2.42. The molecule has 20 heavy (non-hydrogen) atoms. The van der Waals surface area contributed by atoms with Crippen LogP contribution in [0.3, 0.4) is 0 Å². The number of aromatic nitrogens is 1. The van der Waals surface area contributed by atoms with Crippen LogP contribution in [0.4, 0.5) is 0 Å². The summed E-state index contributed by atoms with van der Waals surface area (Å²) in [5.41, 5.74) is -0.285. The van der Waals surface area contributed by atoms with Crippen molar-refractivity contribution in [2.75, 3.05) is 13.1 Å². The summed E-state index contributed by atoms with van der Waals surface area (Å²) in [7, 11) is 0. The van der Waals surface area contributed by atoms with E-state index in [0.717, 1.165) is 0 Å². The highest BCUT2D eigenvalue weighted by molar-refractivity contribution is 5.93. The fraction of sp³-hybridized carbons (Fsp3) is 0.643. The first-order valence-corrected chi connectivity index (χ1v) is 6.86. The highest BCUT2D eigenvalue weighted by Crippen LogP contribution is 2.34. The van der Waals surface area contributed by atoms with E-state index in [1.165, 1.54) is 0 Å². The molecule has 0 radical (unpaired) electrons. The lowest BCUT2D eigenvalue weighted by Crippen LogP contribution is -2.49. The van der Waals surface area contributed by atoms with Gasteiger partial charge in [-0.15, -0.1) is 0 Å². The van der Waals surface area contributed by atoms with Crippen molar-refractivity contribution in [3.05, 3.63) is 17.3 Å². The fourth-order valence-electron chi connectivity index (χ4n) is 2.79. The topological polar surface area (TPSA) is 83.6 Å². The molecule has 1 unspecified atom stereocenters. The van der Waals surface area contributed by atoms with E-state index in [9.17, 15) is 14.7 Å². The molecule has 0 aliphatic carbocycles. The van der Waals surface area contributed by atoms with Gasteiger partial charge in [0.1, 0.15) is 0 Å². The molecule has 1 aliphatic heterocycles. The van der Waals surface area contributed by atoms with E-state index in [-0.39, 0.29) is 18.2 Å². The minimum atomic E-state index is -0.836. The van der Waals surface area contributed by atoms with Crippen LogP contribution in [0.15, 0.2) is 4.42 Å². The van der Waals surface area contributed by atoms with E-state index in [4.69, 9.17) is 4.42 Å². The molecule has 1 saturated heterocycles. The second kappa shape index (κ2) is 5.26. The second-order valence-corrected chi connectivity index (χ2v) is 5.42. The van der Waals surface area contributed by atoms with Crippen molar-refractivity contribution in [3.63, 3.8) is 0 Å². The molecular weight excluding hydrogens is 260 g/mol. The van der Waals surface area contributed by atoms with Gasteiger partial charge in [-0.2, -0.15) is 0 Å². The highest BCUT2D eigenvalue weighted by atomic mass is 16.4. The molecule has 2 rings (SSSR count). The van der Waals surface area contributed by atoms with Crippen LogP contribution in [0.1, 0.15) is 48.3 Å². The Morgan fingerprint density at radius 3 is 2.65 bits per heavy atom. The van der Waals surface area contributed by atoms with Crippen LogP contribution in [0, 0.1) is 19.3 Å². The van der Waals surface area contributed by atoms with Crippen LogP contribution in [0.25, 0.3) is 0 Å². The van der Waals surface area contributed by atoms with Crippen molar-refractivity contribution in [2.24, 2.45) is 5.41 Å². The number of piperidine rings is 1. The molecule has 110 valence electrons. The van der Waals surface area contributed by atoms with Gasteiger partial charge in [0.2, 0.25) is 5.76 Å². The number of hydrogen-bond acceptors (Lipinski definition) is 4. The summed E-state index contributed by atoms with van der Waals surface area (Å²) in [6.45, 7) is 6.06. The number of likely N-dealkylation sites (tertiary alicyclic amines) is 1. The normalized spacial score (nSPS) is 22.9. The second-order valence-electron chi connectivity index (χ2n) is 5.42. The monoisotopic (exact) mass is 280 g/mol. The maximum absolute atomic E-state index is 12.5. The lowest BCUT2D eigenvalue weighted by Gasteiger charge is -2.39. The van der Waals surface area contributed by atoms with Crippen LogP contribution in [-0.4, -0.2) is 40.0 Å². The minimum Gasteiger partial charge on any atom is -0.481 e. The van der Waals surface area contributed by atoms with Gasteiger partial charge in [-0.1, -0.05) is 6.92 Å². The zero-order valence-corrected chi connectivity index (χ0v) is 12.1. The van der Waals surface area contributed by atoms with Gasteiger partial charge in [-0.25, -0.2) is 4.98 Å². The molecule has 0 saturated carbocycles. The van der Waals surface area contributed by atoms with Crippen LogP contribution in [-0.2, 0) is 4.79 Å². The number of carboxylic acid groups (broad SMARTS) is 1. The van der Waals surface area contributed by atoms with Crippen molar-refractivity contribution < 1.29 is 19.1 Å². The average molecular weight is 280 g/mol. The molecule has 1 aromatic heterocycles. The van der Waals surface area contributed by atoms with Crippen molar-refractivity contribution in [3.8, 4) is 0 Å². The lowest BCUT2D eigenvalue weighted by molar-refractivity contribution is -0.152. The molecule has 0 spiro atoms. The molecule has 2 heterocycles. The fourth-order valence-corrected chi connectivity index (χ4v) is 2.79. The van der Waals surface area contributed by atoms with Gasteiger partial charge in [-0.3, -0.25) is 9.59 Å². The van der Waals surface area contributed by atoms with E-state index < -0.39 is 11.4 Å². The van der Waals surface area contributed by atoms with E-state index in [1.807, 2.05) is 6.92 Å². The lowest BCUT2D eigenvalue weighted by atomic mass is 9.77. The molecule has 0 aromatic carbocycles. The van der Waals surface area contributed by atoms with Crippen molar-refractivity contribution in [2.45, 2.75) is 40.0 Å². The molecule has 6 nitrogen and oxygen atoms in total. The number of nitrogens with zero attached hydrogens (tertiary/aromatic N) is 2. The van der Waals surface area contributed by atoms with E-state index in [1.54, 1.807) is 18.7 Å². The van der Waals surface area contributed by atoms with Gasteiger partial charge in [0.05, 0.1) is 11.1 Å². The predicted octanol–water partition coefficient (Wildman–Crippen LogP) is 2.01. The van der Waals surface area contributed by atoms with Gasteiger partial charge in [-0.05, 0) is 26.2 Å². The molecule has 1 N–H and O–H groups in total. The zero-order valence-electron chi connectivity index (χ0n) is 12.1. The third-order valence-corrected chi connectivity index (χ3v) is 4.09. The van der Waals surface area contributed by atoms with E-state index >= 15 is 0 Å². The summed E-state index contributed by atoms with van der Waals surface area (Å²) in [5, 5.41) is 9.44. The molecule has 0 bridgehead atoms. The first-order valence-electron chi connectivity index (χ1n) is 6.86. The Labute approximate surface area is 117 Å². The number of hydrogen-bond donors (Lipinski definition) is 1. The number of carbonyl (C=O) groups excluding carboxylic acids is 1. The largest absolute Gasteiger partial charge is 0.481 e. The van der Waals surface area contributed by atoms with Crippen LogP contribution >= 0.6 is 0 Å². The van der Waals surface area contributed by atoms with Crippen molar-refractivity contribution >= 4 is 11.9 Å². The van der Waals surface area contributed by atoms with Crippen LogP contribution < -0.4 is 0 Å². The summed E-state index contributed by atoms with van der Waals surface area (Å²) >= 11 is 0. The molecule has 1 atom stereocenters. The van der Waals surface area contributed by atoms with Gasteiger partial charge < -0.3 is 14.4 Å². The Morgan fingerprint density at radius 2 is 2.15 bits per heavy atom. The molecular formula is C14H20N2O4.